The number of para-hydroxylation sites is 1. The van der Waals surface area contributed by atoms with E-state index < -0.39 is 0 Å². The smallest absolute Gasteiger partial charge is 0.343 e. The molecule has 4 heterocycles. The zero-order valence-electron chi connectivity index (χ0n) is 38.9. The van der Waals surface area contributed by atoms with Crippen LogP contribution in [0.3, 0.4) is 0 Å². The van der Waals surface area contributed by atoms with Crippen LogP contribution in [0.25, 0.3) is 65.4 Å². The molecule has 66 heavy (non-hydrogen) atoms. The van der Waals surface area contributed by atoms with E-state index in [4.69, 9.17) is 4.42 Å². The van der Waals surface area contributed by atoms with E-state index in [2.05, 4.69) is 229 Å². The minimum atomic E-state index is -0.272. The summed E-state index contributed by atoms with van der Waals surface area (Å²) in [6.45, 7) is 18.6. The minimum absolute atomic E-state index is 0.0180. The number of furan rings is 1. The van der Waals surface area contributed by atoms with E-state index in [0.29, 0.717) is 0 Å². The molecule has 0 saturated carbocycles. The van der Waals surface area contributed by atoms with Gasteiger partial charge in [0.15, 0.2) is 0 Å². The van der Waals surface area contributed by atoms with Crippen LogP contribution in [0.5, 0.6) is 0 Å². The van der Waals surface area contributed by atoms with Crippen molar-refractivity contribution in [2.24, 2.45) is 0 Å². The number of anilines is 5. The second-order valence-corrected chi connectivity index (χ2v) is 22.4. The fourth-order valence-electron chi connectivity index (χ4n) is 11.7. The zero-order valence-corrected chi connectivity index (χ0v) is 39.7. The molecule has 0 spiro atoms. The van der Waals surface area contributed by atoms with Crippen LogP contribution in [0.1, 0.15) is 77.6 Å². The lowest BCUT2D eigenvalue weighted by Gasteiger charge is -2.46. The molecule has 10 aromatic rings. The van der Waals surface area contributed by atoms with Crippen molar-refractivity contribution in [3.8, 4) is 33.4 Å². The van der Waals surface area contributed by atoms with E-state index in [9.17, 15) is 0 Å². The van der Waals surface area contributed by atoms with Crippen molar-refractivity contribution in [1.29, 1.82) is 0 Å². The van der Waals surface area contributed by atoms with E-state index in [1.54, 1.807) is 0 Å². The van der Waals surface area contributed by atoms with E-state index in [1.165, 1.54) is 104 Å². The Morgan fingerprint density at radius 3 is 1.98 bits per heavy atom. The lowest BCUT2D eigenvalue weighted by molar-refractivity contribution is 0.590. The third-order valence-electron chi connectivity index (χ3n) is 14.9. The van der Waals surface area contributed by atoms with E-state index in [1.807, 2.05) is 11.3 Å². The van der Waals surface area contributed by atoms with Crippen LogP contribution in [0.2, 0.25) is 0 Å². The van der Waals surface area contributed by atoms with Gasteiger partial charge in [-0.25, -0.2) is 0 Å². The number of fused-ring (bicyclic) bond motifs is 13. The molecule has 0 saturated heterocycles. The summed E-state index contributed by atoms with van der Waals surface area (Å²) in [5.41, 5.74) is 21.9. The maximum atomic E-state index is 6.82. The number of nitrogens with zero attached hydrogens (tertiary/aromatic N) is 2. The van der Waals surface area contributed by atoms with Crippen LogP contribution < -0.4 is 20.0 Å². The molecular weight excluding hydrogens is 820 g/mol. The van der Waals surface area contributed by atoms with Gasteiger partial charge in [0.1, 0.15) is 11.2 Å². The zero-order chi connectivity index (χ0) is 45.0. The van der Waals surface area contributed by atoms with Gasteiger partial charge in [-0.15, -0.1) is 11.3 Å². The molecule has 0 bridgehead atoms. The van der Waals surface area contributed by atoms with Gasteiger partial charge in [0.05, 0.1) is 11.4 Å². The summed E-state index contributed by atoms with van der Waals surface area (Å²) in [7, 11) is 0. The molecular formula is C61H51BN2OS. The van der Waals surface area contributed by atoms with Crippen LogP contribution in [0.15, 0.2) is 168 Å². The third kappa shape index (κ3) is 5.50. The summed E-state index contributed by atoms with van der Waals surface area (Å²) in [4.78, 5) is 5.35. The predicted molar refractivity (Wildman–Crippen MR) is 283 cm³/mol. The summed E-state index contributed by atoms with van der Waals surface area (Å²) >= 11 is 1.95. The highest BCUT2D eigenvalue weighted by atomic mass is 32.1. The van der Waals surface area contributed by atoms with Gasteiger partial charge < -0.3 is 14.1 Å². The molecule has 0 amide bonds. The summed E-state index contributed by atoms with van der Waals surface area (Å²) in [5.74, 6) is 0. The minimum Gasteiger partial charge on any atom is -0.456 e. The summed E-state index contributed by atoms with van der Waals surface area (Å²) < 4.78 is 9.46. The lowest BCUT2D eigenvalue weighted by atomic mass is 9.45. The Balaban J connectivity index is 1.22. The van der Waals surface area contributed by atoms with Gasteiger partial charge in [0, 0.05) is 59.2 Å². The van der Waals surface area contributed by atoms with Crippen molar-refractivity contribution in [1.82, 2.24) is 0 Å². The molecule has 3 nitrogen and oxygen atoms in total. The molecule has 5 heteroatoms. The second kappa shape index (κ2) is 13.6. The Morgan fingerprint density at radius 2 is 1.21 bits per heavy atom. The van der Waals surface area contributed by atoms with Crippen LogP contribution in [0, 0.1) is 0 Å². The quantitative estimate of drug-likeness (QED) is 0.165. The summed E-state index contributed by atoms with van der Waals surface area (Å²) in [6, 6.07) is 61.9. The Morgan fingerprint density at radius 1 is 0.530 bits per heavy atom. The molecule has 320 valence electrons. The van der Waals surface area contributed by atoms with Gasteiger partial charge in [0.2, 0.25) is 0 Å². The summed E-state index contributed by atoms with van der Waals surface area (Å²) in [5, 5.41) is 3.55. The van der Waals surface area contributed by atoms with Crippen LogP contribution >= 0.6 is 11.3 Å². The number of hydrogen-bond acceptors (Lipinski definition) is 4. The van der Waals surface area contributed by atoms with Gasteiger partial charge in [-0.3, -0.25) is 0 Å². The predicted octanol–water partition coefficient (Wildman–Crippen LogP) is 16.1. The standard InChI is InChI=1S/C61H51BN2OS/c1-59(2,3)37-26-29-39(30-27-37)64-49-33-44-41-21-13-16-24-51(41)65-52(44)35-46(49)54-55-45(40-20-12-15-23-47(40)61(55,7)8)34-50-56(54)62(64)58-57(42-22-14-17-25-53(42)66-58)63(50)48-31-28-38(60(4,5)6)32-43(48)36-18-10-9-11-19-36/h9-35H,1-8H3. The molecule has 13 rings (SSSR count). The van der Waals surface area contributed by atoms with Crippen LogP contribution in [0.4, 0.5) is 28.4 Å². The molecule has 0 unspecified atom stereocenters. The Bertz CT molecular complexity index is 3660. The van der Waals surface area contributed by atoms with Crippen LogP contribution in [-0.4, -0.2) is 6.85 Å². The maximum Gasteiger partial charge on any atom is 0.343 e. The molecule has 2 aliphatic heterocycles. The fraction of sp³-hybridized carbons (Fsp3) is 0.180. The fourth-order valence-corrected chi connectivity index (χ4v) is 12.9. The molecule has 8 aromatic carbocycles. The lowest BCUT2D eigenvalue weighted by Crippen LogP contribution is -2.61. The molecule has 0 atom stereocenters. The van der Waals surface area contributed by atoms with Crippen molar-refractivity contribution in [3.05, 3.63) is 186 Å². The topological polar surface area (TPSA) is 19.6 Å². The number of hydrogen-bond donors (Lipinski definition) is 0. The largest absolute Gasteiger partial charge is 0.456 e. The molecule has 2 aromatic heterocycles. The highest BCUT2D eigenvalue weighted by Gasteiger charge is 2.51. The Labute approximate surface area is 392 Å². The Kier molecular flexibility index (Phi) is 8.16. The second-order valence-electron chi connectivity index (χ2n) is 21.3. The van der Waals surface area contributed by atoms with Crippen molar-refractivity contribution < 1.29 is 4.42 Å². The first-order valence-electron chi connectivity index (χ1n) is 23.5. The number of rotatable bonds is 3. The van der Waals surface area contributed by atoms with Gasteiger partial charge in [-0.2, -0.15) is 0 Å². The first-order valence-corrected chi connectivity index (χ1v) is 24.3. The normalized spacial score (nSPS) is 14.7. The van der Waals surface area contributed by atoms with Gasteiger partial charge in [-0.1, -0.05) is 165 Å². The SMILES string of the molecule is CC(C)(C)c1ccc(N2B3c4sc5ccccc5c4N(c4ccc(C(C)(C)C)cc4-c4ccccc4)c4cc5c(c(c43)-c3cc4oc6ccccc6c4cc32)C(C)(C)c2ccccc2-5)cc1. The highest BCUT2D eigenvalue weighted by Crippen LogP contribution is 2.59. The van der Waals surface area contributed by atoms with E-state index >= 15 is 0 Å². The first kappa shape index (κ1) is 39.5. The third-order valence-corrected chi connectivity index (χ3v) is 16.1. The van der Waals surface area contributed by atoms with Gasteiger partial charge in [0.25, 0.3) is 0 Å². The van der Waals surface area contributed by atoms with Crippen molar-refractivity contribution >= 4 is 88.9 Å². The van der Waals surface area contributed by atoms with Gasteiger partial charge >= 0.3 is 6.85 Å². The molecule has 0 radical (unpaired) electrons. The highest BCUT2D eigenvalue weighted by molar-refractivity contribution is 7.32. The van der Waals surface area contributed by atoms with E-state index in [-0.39, 0.29) is 23.1 Å². The van der Waals surface area contributed by atoms with Crippen molar-refractivity contribution in [2.75, 3.05) is 9.71 Å². The first-order chi connectivity index (χ1) is 31.8. The molecule has 1 aliphatic carbocycles. The maximum absolute atomic E-state index is 6.82. The van der Waals surface area contributed by atoms with E-state index in [0.717, 1.165) is 21.9 Å². The number of benzene rings is 8. The Hall–Kier alpha value is -6.82. The average Bonchev–Trinajstić information content (AvgIpc) is 3.95. The number of thiophene rings is 1. The van der Waals surface area contributed by atoms with Crippen LogP contribution in [-0.2, 0) is 16.2 Å². The monoisotopic (exact) mass is 870 g/mol. The van der Waals surface area contributed by atoms with Crippen molar-refractivity contribution in [3.63, 3.8) is 0 Å². The summed E-state index contributed by atoms with van der Waals surface area (Å²) in [6.07, 6.45) is 0. The average molecular weight is 871 g/mol. The molecule has 3 aliphatic rings. The van der Waals surface area contributed by atoms with Gasteiger partial charge in [-0.05, 0) is 115 Å². The molecule has 0 N–H and O–H groups in total. The molecule has 0 fully saturated rings. The van der Waals surface area contributed by atoms with Crippen molar-refractivity contribution in [2.45, 2.75) is 71.6 Å².